The number of carbonyl (C=O) groups is 1. The minimum atomic E-state index is -0.521. The standard InChI is InChI=1S/C16H22N2O3/c1-16(20-8-9-21-16)14-5-3-7-18(12-14)15(19)10-13-4-2-6-17-11-13/h2,4,6,11,14H,3,5,7-10,12H2,1H3. The summed E-state index contributed by atoms with van der Waals surface area (Å²) in [6.45, 7) is 4.84. The number of amides is 1. The highest BCUT2D eigenvalue weighted by molar-refractivity contribution is 5.78. The zero-order chi connectivity index (χ0) is 14.7. The van der Waals surface area contributed by atoms with Crippen molar-refractivity contribution in [2.75, 3.05) is 26.3 Å². The summed E-state index contributed by atoms with van der Waals surface area (Å²) >= 11 is 0. The Morgan fingerprint density at radius 3 is 3.00 bits per heavy atom. The van der Waals surface area contributed by atoms with Gasteiger partial charge in [-0.15, -0.1) is 0 Å². The van der Waals surface area contributed by atoms with Gasteiger partial charge in [0.05, 0.1) is 19.6 Å². The van der Waals surface area contributed by atoms with Gasteiger partial charge in [0, 0.05) is 31.4 Å². The molecule has 0 aromatic carbocycles. The van der Waals surface area contributed by atoms with Crippen molar-refractivity contribution >= 4 is 5.91 Å². The number of rotatable bonds is 3. The smallest absolute Gasteiger partial charge is 0.227 e. The van der Waals surface area contributed by atoms with Crippen molar-refractivity contribution < 1.29 is 14.3 Å². The molecule has 0 N–H and O–H groups in total. The largest absolute Gasteiger partial charge is 0.347 e. The summed E-state index contributed by atoms with van der Waals surface area (Å²) in [5.41, 5.74) is 0.962. The van der Waals surface area contributed by atoms with E-state index in [1.807, 2.05) is 24.0 Å². The lowest BCUT2D eigenvalue weighted by atomic mass is 9.90. The van der Waals surface area contributed by atoms with Crippen LogP contribution < -0.4 is 0 Å². The molecule has 2 aliphatic rings. The van der Waals surface area contributed by atoms with E-state index in [2.05, 4.69) is 4.98 Å². The first-order valence-electron chi connectivity index (χ1n) is 7.62. The number of ether oxygens (including phenoxy) is 2. The van der Waals surface area contributed by atoms with E-state index < -0.39 is 5.79 Å². The Bertz CT molecular complexity index is 486. The van der Waals surface area contributed by atoms with Gasteiger partial charge in [-0.3, -0.25) is 9.78 Å². The predicted octanol–water partition coefficient (Wildman–Crippen LogP) is 1.63. The third-order valence-corrected chi connectivity index (χ3v) is 4.45. The molecular formula is C16H22N2O3. The summed E-state index contributed by atoms with van der Waals surface area (Å²) in [6, 6.07) is 3.81. The highest BCUT2D eigenvalue weighted by atomic mass is 16.7. The molecule has 2 saturated heterocycles. The molecule has 1 aromatic heterocycles. The third-order valence-electron chi connectivity index (χ3n) is 4.45. The fourth-order valence-electron chi connectivity index (χ4n) is 3.19. The molecule has 0 aliphatic carbocycles. The van der Waals surface area contributed by atoms with Crippen LogP contribution in [0.3, 0.4) is 0 Å². The van der Waals surface area contributed by atoms with Crippen molar-refractivity contribution in [3.8, 4) is 0 Å². The predicted molar refractivity (Wildman–Crippen MR) is 77.6 cm³/mol. The van der Waals surface area contributed by atoms with Crippen LogP contribution in [-0.4, -0.2) is 47.9 Å². The lowest BCUT2D eigenvalue weighted by Crippen LogP contribution is -2.49. The maximum absolute atomic E-state index is 12.4. The molecule has 21 heavy (non-hydrogen) atoms. The fourth-order valence-corrected chi connectivity index (χ4v) is 3.19. The summed E-state index contributed by atoms with van der Waals surface area (Å²) in [4.78, 5) is 18.5. The Hall–Kier alpha value is -1.46. The molecule has 2 aliphatic heterocycles. The van der Waals surface area contributed by atoms with E-state index in [0.717, 1.165) is 31.5 Å². The molecular weight excluding hydrogens is 268 g/mol. The van der Waals surface area contributed by atoms with Crippen molar-refractivity contribution in [1.82, 2.24) is 9.88 Å². The lowest BCUT2D eigenvalue weighted by Gasteiger charge is -2.40. The van der Waals surface area contributed by atoms with Gasteiger partial charge in [0.1, 0.15) is 0 Å². The Balaban J connectivity index is 1.61. The maximum Gasteiger partial charge on any atom is 0.227 e. The van der Waals surface area contributed by atoms with E-state index in [9.17, 15) is 4.79 Å². The molecule has 1 amide bonds. The Morgan fingerprint density at radius 2 is 2.29 bits per heavy atom. The topological polar surface area (TPSA) is 51.7 Å². The SMILES string of the molecule is CC1(C2CCCN(C(=O)Cc3cccnc3)C2)OCCO1. The first-order valence-corrected chi connectivity index (χ1v) is 7.62. The van der Waals surface area contributed by atoms with E-state index in [1.54, 1.807) is 12.4 Å². The number of hydrogen-bond donors (Lipinski definition) is 0. The van der Waals surface area contributed by atoms with Crippen LogP contribution in [0.2, 0.25) is 0 Å². The Labute approximate surface area is 125 Å². The highest BCUT2D eigenvalue weighted by Gasteiger charge is 2.42. The van der Waals surface area contributed by atoms with Gasteiger partial charge in [0.25, 0.3) is 0 Å². The van der Waals surface area contributed by atoms with Crippen molar-refractivity contribution in [3.63, 3.8) is 0 Å². The van der Waals surface area contributed by atoms with Crippen molar-refractivity contribution in [2.45, 2.75) is 32.0 Å². The number of carbonyl (C=O) groups excluding carboxylic acids is 1. The molecule has 114 valence electrons. The third kappa shape index (κ3) is 3.24. The molecule has 3 heterocycles. The van der Waals surface area contributed by atoms with Gasteiger partial charge in [0.15, 0.2) is 5.79 Å². The van der Waals surface area contributed by atoms with Crippen LogP contribution in [0, 0.1) is 5.92 Å². The van der Waals surface area contributed by atoms with E-state index in [0.29, 0.717) is 19.6 Å². The van der Waals surface area contributed by atoms with Crippen LogP contribution in [0.5, 0.6) is 0 Å². The van der Waals surface area contributed by atoms with Gasteiger partial charge in [-0.2, -0.15) is 0 Å². The van der Waals surface area contributed by atoms with Gasteiger partial charge < -0.3 is 14.4 Å². The number of pyridine rings is 1. The molecule has 1 atom stereocenters. The zero-order valence-corrected chi connectivity index (χ0v) is 12.5. The average molecular weight is 290 g/mol. The first-order chi connectivity index (χ1) is 10.2. The normalized spacial score (nSPS) is 25.0. The van der Waals surface area contributed by atoms with Crippen molar-refractivity contribution in [1.29, 1.82) is 0 Å². The minimum absolute atomic E-state index is 0.161. The molecule has 1 aromatic rings. The van der Waals surface area contributed by atoms with E-state index in [4.69, 9.17) is 9.47 Å². The monoisotopic (exact) mass is 290 g/mol. The second-order valence-electron chi connectivity index (χ2n) is 5.93. The number of piperidine rings is 1. The fraction of sp³-hybridized carbons (Fsp3) is 0.625. The second kappa shape index (κ2) is 6.12. The Morgan fingerprint density at radius 1 is 1.48 bits per heavy atom. The minimum Gasteiger partial charge on any atom is -0.347 e. The highest BCUT2D eigenvalue weighted by Crippen LogP contribution is 2.34. The summed E-state index contributed by atoms with van der Waals surface area (Å²) in [6.07, 6.45) is 5.95. The van der Waals surface area contributed by atoms with E-state index in [-0.39, 0.29) is 11.8 Å². The number of likely N-dealkylation sites (tertiary alicyclic amines) is 1. The molecule has 1 unspecified atom stereocenters. The molecule has 0 radical (unpaired) electrons. The molecule has 2 fully saturated rings. The Kier molecular flexibility index (Phi) is 4.22. The summed E-state index contributed by atoms with van der Waals surface area (Å²) in [5, 5.41) is 0. The van der Waals surface area contributed by atoms with Gasteiger partial charge in [0.2, 0.25) is 5.91 Å². The van der Waals surface area contributed by atoms with Crippen LogP contribution in [0.15, 0.2) is 24.5 Å². The molecule has 3 rings (SSSR count). The molecule has 5 heteroatoms. The second-order valence-corrected chi connectivity index (χ2v) is 5.93. The van der Waals surface area contributed by atoms with Gasteiger partial charge in [-0.1, -0.05) is 6.07 Å². The first kappa shape index (κ1) is 14.5. The van der Waals surface area contributed by atoms with E-state index >= 15 is 0 Å². The zero-order valence-electron chi connectivity index (χ0n) is 12.5. The van der Waals surface area contributed by atoms with Gasteiger partial charge in [-0.05, 0) is 31.4 Å². The maximum atomic E-state index is 12.4. The molecule has 0 bridgehead atoms. The van der Waals surface area contributed by atoms with Crippen LogP contribution in [0.4, 0.5) is 0 Å². The summed E-state index contributed by atoms with van der Waals surface area (Å²) in [5.74, 6) is -0.103. The van der Waals surface area contributed by atoms with Gasteiger partial charge in [-0.25, -0.2) is 0 Å². The quantitative estimate of drug-likeness (QED) is 0.849. The average Bonchev–Trinajstić information content (AvgIpc) is 2.97. The molecule has 0 spiro atoms. The van der Waals surface area contributed by atoms with Crippen LogP contribution >= 0.6 is 0 Å². The van der Waals surface area contributed by atoms with Gasteiger partial charge >= 0.3 is 0 Å². The summed E-state index contributed by atoms with van der Waals surface area (Å²) < 4.78 is 11.5. The van der Waals surface area contributed by atoms with Crippen LogP contribution in [0.1, 0.15) is 25.3 Å². The number of hydrogen-bond acceptors (Lipinski definition) is 4. The number of nitrogens with zero attached hydrogens (tertiary/aromatic N) is 2. The number of aromatic nitrogens is 1. The van der Waals surface area contributed by atoms with Crippen molar-refractivity contribution in [3.05, 3.63) is 30.1 Å². The molecule has 0 saturated carbocycles. The van der Waals surface area contributed by atoms with Crippen LogP contribution in [-0.2, 0) is 20.7 Å². The van der Waals surface area contributed by atoms with Crippen molar-refractivity contribution in [2.24, 2.45) is 5.92 Å². The lowest BCUT2D eigenvalue weighted by molar-refractivity contribution is -0.192. The van der Waals surface area contributed by atoms with E-state index in [1.165, 1.54) is 0 Å². The summed E-state index contributed by atoms with van der Waals surface area (Å²) in [7, 11) is 0. The molecule has 5 nitrogen and oxygen atoms in total. The van der Waals surface area contributed by atoms with Crippen LogP contribution in [0.25, 0.3) is 0 Å².